The molecular weight excluding hydrogens is 304 g/mol. The van der Waals surface area contributed by atoms with Crippen molar-refractivity contribution < 1.29 is 8.42 Å². The van der Waals surface area contributed by atoms with Crippen LogP contribution in [0, 0.1) is 0 Å². The maximum absolute atomic E-state index is 11.8. The number of hydrogen-bond acceptors (Lipinski definition) is 5. The molecule has 106 valence electrons. The van der Waals surface area contributed by atoms with E-state index in [4.69, 9.17) is 17.3 Å². The molecule has 2 N–H and O–H groups in total. The van der Waals surface area contributed by atoms with Gasteiger partial charge in [0.2, 0.25) is 0 Å². The third-order valence-corrected chi connectivity index (χ3v) is 6.09. The summed E-state index contributed by atoms with van der Waals surface area (Å²) in [5.41, 5.74) is 7.46. The van der Waals surface area contributed by atoms with Crippen molar-refractivity contribution in [2.45, 2.75) is 11.9 Å². The highest BCUT2D eigenvalue weighted by molar-refractivity contribution is 8.00. The lowest BCUT2D eigenvalue weighted by Gasteiger charge is -2.34. The molecule has 0 radical (unpaired) electrons. The summed E-state index contributed by atoms with van der Waals surface area (Å²) in [6, 6.07) is 5.34. The Labute approximate surface area is 123 Å². The predicted molar refractivity (Wildman–Crippen MR) is 82.2 cm³/mol. The van der Waals surface area contributed by atoms with E-state index in [0.717, 1.165) is 17.9 Å². The fourth-order valence-corrected chi connectivity index (χ4v) is 5.24. The molecule has 1 aliphatic heterocycles. The van der Waals surface area contributed by atoms with E-state index in [2.05, 4.69) is 0 Å². The van der Waals surface area contributed by atoms with Crippen LogP contribution in [0.5, 0.6) is 0 Å². The minimum Gasteiger partial charge on any atom is -0.398 e. The van der Waals surface area contributed by atoms with Gasteiger partial charge in [0.05, 0.1) is 0 Å². The summed E-state index contributed by atoms with van der Waals surface area (Å²) in [5, 5.41) is 0.163. The molecule has 4 nitrogen and oxygen atoms in total. The number of rotatable bonds is 3. The molecule has 0 aliphatic carbocycles. The second-order valence-electron chi connectivity index (χ2n) is 4.67. The Hall–Kier alpha value is -0.430. The third-order valence-electron chi connectivity index (χ3n) is 3.17. The zero-order valence-corrected chi connectivity index (χ0v) is 13.1. The predicted octanol–water partition coefficient (Wildman–Crippen LogP) is 1.84. The van der Waals surface area contributed by atoms with Gasteiger partial charge < -0.3 is 5.73 Å². The Kier molecular flexibility index (Phi) is 4.66. The maximum atomic E-state index is 11.8. The summed E-state index contributed by atoms with van der Waals surface area (Å²) in [6.45, 7) is 1.30. The van der Waals surface area contributed by atoms with E-state index in [1.54, 1.807) is 23.9 Å². The normalized spacial score (nSPS) is 21.5. The first-order chi connectivity index (χ1) is 8.88. The first-order valence-corrected chi connectivity index (χ1v) is 9.41. The van der Waals surface area contributed by atoms with Gasteiger partial charge in [-0.1, -0.05) is 17.7 Å². The molecule has 1 aliphatic rings. The molecule has 1 atom stereocenters. The first kappa shape index (κ1) is 15.0. The number of halogens is 1. The van der Waals surface area contributed by atoms with Gasteiger partial charge in [0.25, 0.3) is 0 Å². The van der Waals surface area contributed by atoms with Gasteiger partial charge in [-0.05, 0) is 17.7 Å². The SMILES string of the molecule is CS(=O)(=O)C1CSCCN1Cc1ccc(Cl)cc1N. The van der Waals surface area contributed by atoms with Crippen molar-refractivity contribution in [2.75, 3.05) is 30.0 Å². The molecule has 0 aromatic heterocycles. The van der Waals surface area contributed by atoms with Gasteiger partial charge >= 0.3 is 0 Å². The van der Waals surface area contributed by atoms with Crippen LogP contribution in [-0.2, 0) is 16.4 Å². The average molecular weight is 321 g/mol. The zero-order chi connectivity index (χ0) is 14.0. The monoisotopic (exact) mass is 320 g/mol. The van der Waals surface area contributed by atoms with Crippen molar-refractivity contribution in [3.63, 3.8) is 0 Å². The number of nitrogens with zero attached hydrogens (tertiary/aromatic N) is 1. The number of thioether (sulfide) groups is 1. The largest absolute Gasteiger partial charge is 0.398 e. The third kappa shape index (κ3) is 3.78. The highest BCUT2D eigenvalue weighted by Gasteiger charge is 2.31. The van der Waals surface area contributed by atoms with Crippen molar-refractivity contribution in [3.8, 4) is 0 Å². The summed E-state index contributed by atoms with van der Waals surface area (Å²) >= 11 is 7.55. The molecule has 7 heteroatoms. The van der Waals surface area contributed by atoms with Crippen molar-refractivity contribution in [1.82, 2.24) is 4.90 Å². The summed E-state index contributed by atoms with van der Waals surface area (Å²) in [7, 11) is -3.08. The van der Waals surface area contributed by atoms with Crippen LogP contribution in [0.15, 0.2) is 18.2 Å². The lowest BCUT2D eigenvalue weighted by molar-refractivity contribution is 0.263. The van der Waals surface area contributed by atoms with Crippen molar-refractivity contribution in [3.05, 3.63) is 28.8 Å². The van der Waals surface area contributed by atoms with Crippen LogP contribution in [-0.4, -0.2) is 43.0 Å². The Morgan fingerprint density at radius 1 is 1.53 bits per heavy atom. The van der Waals surface area contributed by atoms with Crippen LogP contribution in [0.1, 0.15) is 5.56 Å². The summed E-state index contributed by atoms with van der Waals surface area (Å²) in [4.78, 5) is 1.98. The van der Waals surface area contributed by atoms with Crippen molar-refractivity contribution in [1.29, 1.82) is 0 Å². The molecule has 19 heavy (non-hydrogen) atoms. The zero-order valence-electron chi connectivity index (χ0n) is 10.7. The van der Waals surface area contributed by atoms with Gasteiger partial charge in [-0.3, -0.25) is 4.90 Å². The minimum atomic E-state index is -3.08. The highest BCUT2D eigenvalue weighted by atomic mass is 35.5. The Morgan fingerprint density at radius 3 is 2.89 bits per heavy atom. The van der Waals surface area contributed by atoms with E-state index in [9.17, 15) is 8.42 Å². The van der Waals surface area contributed by atoms with Gasteiger partial charge in [0.15, 0.2) is 9.84 Å². The molecular formula is C12H17ClN2O2S2. The number of benzene rings is 1. The molecule has 1 saturated heterocycles. The molecule has 1 aromatic carbocycles. The molecule has 1 unspecified atom stereocenters. The van der Waals surface area contributed by atoms with Crippen LogP contribution in [0.2, 0.25) is 5.02 Å². The van der Waals surface area contributed by atoms with Crippen LogP contribution >= 0.6 is 23.4 Å². The molecule has 0 amide bonds. The quantitative estimate of drug-likeness (QED) is 0.861. The molecule has 0 saturated carbocycles. The highest BCUT2D eigenvalue weighted by Crippen LogP contribution is 2.25. The number of hydrogen-bond donors (Lipinski definition) is 1. The van der Waals surface area contributed by atoms with Gasteiger partial charge in [-0.25, -0.2) is 8.42 Å². The number of nitrogen functional groups attached to an aromatic ring is 1. The van der Waals surface area contributed by atoms with E-state index >= 15 is 0 Å². The molecule has 0 bridgehead atoms. The average Bonchev–Trinajstić information content (AvgIpc) is 2.32. The van der Waals surface area contributed by atoms with Crippen LogP contribution in [0.4, 0.5) is 5.69 Å². The van der Waals surface area contributed by atoms with E-state index in [1.807, 2.05) is 11.0 Å². The van der Waals surface area contributed by atoms with Gasteiger partial charge in [-0.2, -0.15) is 11.8 Å². The van der Waals surface area contributed by atoms with Gasteiger partial charge in [0, 0.05) is 41.6 Å². The standard InChI is InChI=1S/C12H17ClN2O2S2/c1-19(16,17)12-8-18-5-4-15(12)7-9-2-3-10(13)6-11(9)14/h2-3,6,12H,4-5,7-8,14H2,1H3. The van der Waals surface area contributed by atoms with Crippen molar-refractivity contribution in [2.24, 2.45) is 0 Å². The van der Waals surface area contributed by atoms with Gasteiger partial charge in [0.1, 0.15) is 5.37 Å². The molecule has 1 heterocycles. The van der Waals surface area contributed by atoms with E-state index < -0.39 is 15.2 Å². The molecule has 2 rings (SSSR count). The topological polar surface area (TPSA) is 63.4 Å². The van der Waals surface area contributed by atoms with Crippen LogP contribution < -0.4 is 5.73 Å². The summed E-state index contributed by atoms with van der Waals surface area (Å²) in [6.07, 6.45) is 1.29. The van der Waals surface area contributed by atoms with Gasteiger partial charge in [-0.15, -0.1) is 0 Å². The Morgan fingerprint density at radius 2 is 2.26 bits per heavy atom. The fraction of sp³-hybridized carbons (Fsp3) is 0.500. The molecule has 0 spiro atoms. The minimum absolute atomic E-state index is 0.429. The smallest absolute Gasteiger partial charge is 0.164 e. The Bertz CT molecular complexity index is 563. The lowest BCUT2D eigenvalue weighted by Crippen LogP contribution is -2.46. The van der Waals surface area contributed by atoms with E-state index in [0.29, 0.717) is 23.0 Å². The van der Waals surface area contributed by atoms with Crippen LogP contribution in [0.25, 0.3) is 0 Å². The van der Waals surface area contributed by atoms with E-state index in [1.165, 1.54) is 6.26 Å². The summed E-state index contributed by atoms with van der Waals surface area (Å²) < 4.78 is 23.6. The second kappa shape index (κ2) is 5.91. The molecule has 1 aromatic rings. The second-order valence-corrected chi connectivity index (χ2v) is 8.46. The number of sulfone groups is 1. The number of nitrogens with two attached hydrogens (primary N) is 1. The Balaban J connectivity index is 2.20. The van der Waals surface area contributed by atoms with Crippen molar-refractivity contribution >= 4 is 38.9 Å². The fourth-order valence-electron chi connectivity index (χ4n) is 2.12. The first-order valence-electron chi connectivity index (χ1n) is 5.92. The summed E-state index contributed by atoms with van der Waals surface area (Å²) in [5.74, 6) is 1.56. The van der Waals surface area contributed by atoms with Crippen LogP contribution in [0.3, 0.4) is 0 Å². The maximum Gasteiger partial charge on any atom is 0.164 e. The number of anilines is 1. The molecule has 1 fully saturated rings. The lowest BCUT2D eigenvalue weighted by atomic mass is 10.1. The van der Waals surface area contributed by atoms with E-state index in [-0.39, 0.29) is 0 Å².